The van der Waals surface area contributed by atoms with Crippen molar-refractivity contribution >= 4 is 15.9 Å². The zero-order chi connectivity index (χ0) is 13.3. The van der Waals surface area contributed by atoms with Crippen LogP contribution in [-0.4, -0.2) is 13.1 Å². The molecule has 0 aliphatic carbocycles. The van der Waals surface area contributed by atoms with E-state index >= 15 is 0 Å². The fourth-order valence-corrected chi connectivity index (χ4v) is 3.12. The zero-order valence-corrected chi connectivity index (χ0v) is 12.1. The monoisotopic (exact) mass is 319 g/mol. The van der Waals surface area contributed by atoms with E-state index in [1.54, 1.807) is 0 Å². The summed E-state index contributed by atoms with van der Waals surface area (Å²) in [6.45, 7) is 1.96. The molecule has 1 aliphatic heterocycles. The van der Waals surface area contributed by atoms with Gasteiger partial charge in [-0.05, 0) is 45.6 Å². The molecule has 0 unspecified atom stereocenters. The second kappa shape index (κ2) is 5.06. The van der Waals surface area contributed by atoms with Crippen molar-refractivity contribution in [2.45, 2.75) is 11.8 Å². The van der Waals surface area contributed by atoms with Crippen molar-refractivity contribution in [3.8, 4) is 0 Å². The summed E-state index contributed by atoms with van der Waals surface area (Å²) in [5, 5.41) is 3.36. The third kappa shape index (κ3) is 2.45. The average Bonchev–Trinajstić information content (AvgIpc) is 2.39. The van der Waals surface area contributed by atoms with Gasteiger partial charge in [0.2, 0.25) is 0 Å². The molecule has 3 rings (SSSR count). The van der Waals surface area contributed by atoms with Crippen LogP contribution in [0.5, 0.6) is 0 Å². The van der Waals surface area contributed by atoms with Crippen molar-refractivity contribution in [1.82, 2.24) is 5.32 Å². The van der Waals surface area contributed by atoms with Crippen LogP contribution in [0.4, 0.5) is 4.39 Å². The van der Waals surface area contributed by atoms with Crippen molar-refractivity contribution in [3.05, 3.63) is 69.9 Å². The molecule has 0 aromatic heterocycles. The first-order valence-corrected chi connectivity index (χ1v) is 7.19. The molecule has 1 aliphatic rings. The summed E-state index contributed by atoms with van der Waals surface area (Å²) in [7, 11) is 0. The Kier molecular flexibility index (Phi) is 3.42. The van der Waals surface area contributed by atoms with Gasteiger partial charge in [-0.25, -0.2) is 4.39 Å². The van der Waals surface area contributed by atoms with Gasteiger partial charge in [0, 0.05) is 18.5 Å². The Morgan fingerprint density at radius 1 is 1.11 bits per heavy atom. The maximum absolute atomic E-state index is 13.3. The predicted molar refractivity (Wildman–Crippen MR) is 78.8 cm³/mol. The topological polar surface area (TPSA) is 12.0 Å². The molecule has 1 N–H and O–H groups in total. The summed E-state index contributed by atoms with van der Waals surface area (Å²) in [5.74, 6) is -0.204. The maximum atomic E-state index is 13.3. The molecule has 0 radical (unpaired) electrons. The van der Waals surface area contributed by atoms with Crippen LogP contribution in [-0.2, 0) is 11.8 Å². The minimum absolute atomic E-state index is 0.151. The van der Waals surface area contributed by atoms with Crippen LogP contribution in [0.15, 0.2) is 53.0 Å². The highest BCUT2D eigenvalue weighted by atomic mass is 79.9. The van der Waals surface area contributed by atoms with Crippen molar-refractivity contribution in [2.75, 3.05) is 13.1 Å². The van der Waals surface area contributed by atoms with Crippen LogP contribution in [0.3, 0.4) is 0 Å². The average molecular weight is 320 g/mol. The molecule has 1 fully saturated rings. The van der Waals surface area contributed by atoms with Crippen molar-refractivity contribution in [3.63, 3.8) is 0 Å². The molecule has 0 bridgehead atoms. The summed E-state index contributed by atoms with van der Waals surface area (Å²) in [6.07, 6.45) is 0.933. The van der Waals surface area contributed by atoms with E-state index in [1.165, 1.54) is 17.2 Å². The number of hydrogen-bond acceptors (Lipinski definition) is 1. The van der Waals surface area contributed by atoms with Gasteiger partial charge >= 0.3 is 0 Å². The minimum atomic E-state index is -0.204. The number of rotatable bonds is 3. The zero-order valence-electron chi connectivity index (χ0n) is 10.5. The summed E-state index contributed by atoms with van der Waals surface area (Å²) in [4.78, 5) is 0. The van der Waals surface area contributed by atoms with Gasteiger partial charge in [0.25, 0.3) is 0 Å². The summed E-state index contributed by atoms with van der Waals surface area (Å²) < 4.78 is 13.8. The van der Waals surface area contributed by atoms with Gasteiger partial charge in [0.1, 0.15) is 5.82 Å². The minimum Gasteiger partial charge on any atom is -0.315 e. The molecule has 98 valence electrons. The first kappa shape index (κ1) is 12.8. The first-order chi connectivity index (χ1) is 9.20. The van der Waals surface area contributed by atoms with Crippen LogP contribution in [0, 0.1) is 5.82 Å². The van der Waals surface area contributed by atoms with Crippen molar-refractivity contribution in [2.24, 2.45) is 0 Å². The Labute approximate surface area is 121 Å². The number of hydrogen-bond donors (Lipinski definition) is 1. The van der Waals surface area contributed by atoms with Crippen LogP contribution in [0.2, 0.25) is 0 Å². The third-order valence-corrected chi connectivity index (χ3v) is 4.45. The van der Waals surface area contributed by atoms with Gasteiger partial charge < -0.3 is 5.32 Å². The Hall–Kier alpha value is -1.19. The fraction of sp³-hybridized carbons (Fsp3) is 0.250. The van der Waals surface area contributed by atoms with E-state index in [-0.39, 0.29) is 11.2 Å². The van der Waals surface area contributed by atoms with Gasteiger partial charge in [0.05, 0.1) is 4.47 Å². The van der Waals surface area contributed by atoms with Crippen LogP contribution < -0.4 is 5.32 Å². The number of benzene rings is 2. The Balaban J connectivity index is 1.89. The molecule has 0 amide bonds. The molecule has 0 atom stereocenters. The van der Waals surface area contributed by atoms with Crippen LogP contribution in [0.1, 0.15) is 11.1 Å². The summed E-state index contributed by atoms with van der Waals surface area (Å²) in [5.41, 5.74) is 2.67. The van der Waals surface area contributed by atoms with Gasteiger partial charge in [-0.1, -0.05) is 36.4 Å². The lowest BCUT2D eigenvalue weighted by Crippen LogP contribution is -2.58. The van der Waals surface area contributed by atoms with Gasteiger partial charge in [-0.3, -0.25) is 0 Å². The highest BCUT2D eigenvalue weighted by Crippen LogP contribution is 2.33. The van der Waals surface area contributed by atoms with Crippen molar-refractivity contribution < 1.29 is 4.39 Å². The molecular weight excluding hydrogens is 305 g/mol. The second-order valence-electron chi connectivity index (χ2n) is 5.18. The molecule has 1 saturated heterocycles. The van der Waals surface area contributed by atoms with E-state index in [9.17, 15) is 4.39 Å². The predicted octanol–water partition coefficient (Wildman–Crippen LogP) is 3.67. The van der Waals surface area contributed by atoms with Gasteiger partial charge in [-0.15, -0.1) is 0 Å². The van der Waals surface area contributed by atoms with E-state index in [0.717, 1.165) is 19.5 Å². The second-order valence-corrected chi connectivity index (χ2v) is 6.03. The lowest BCUT2D eigenvalue weighted by molar-refractivity contribution is 0.274. The molecule has 19 heavy (non-hydrogen) atoms. The van der Waals surface area contributed by atoms with E-state index < -0.39 is 0 Å². The van der Waals surface area contributed by atoms with E-state index in [2.05, 4.69) is 45.5 Å². The number of nitrogens with one attached hydrogen (secondary N) is 1. The molecule has 0 spiro atoms. The molecular formula is C16H15BrFN. The molecule has 3 heteroatoms. The fourth-order valence-electron chi connectivity index (χ4n) is 2.69. The maximum Gasteiger partial charge on any atom is 0.137 e. The van der Waals surface area contributed by atoms with E-state index in [0.29, 0.717) is 4.47 Å². The first-order valence-electron chi connectivity index (χ1n) is 6.40. The van der Waals surface area contributed by atoms with Gasteiger partial charge in [0.15, 0.2) is 0 Å². The Morgan fingerprint density at radius 2 is 1.84 bits per heavy atom. The summed E-state index contributed by atoms with van der Waals surface area (Å²) in [6, 6.07) is 15.9. The molecule has 0 saturated carbocycles. The highest BCUT2D eigenvalue weighted by molar-refractivity contribution is 9.10. The van der Waals surface area contributed by atoms with Gasteiger partial charge in [-0.2, -0.15) is 0 Å². The third-order valence-electron chi connectivity index (χ3n) is 3.84. The molecule has 1 nitrogen and oxygen atoms in total. The molecule has 2 aromatic carbocycles. The Bertz CT molecular complexity index is 579. The summed E-state index contributed by atoms with van der Waals surface area (Å²) >= 11 is 3.26. The molecule has 2 aromatic rings. The smallest absolute Gasteiger partial charge is 0.137 e. The van der Waals surface area contributed by atoms with Crippen molar-refractivity contribution in [1.29, 1.82) is 0 Å². The SMILES string of the molecule is Fc1ccc(CC2(c3ccccc3)CNC2)cc1Br. The number of halogens is 2. The quantitative estimate of drug-likeness (QED) is 0.910. The largest absolute Gasteiger partial charge is 0.315 e. The normalized spacial score (nSPS) is 16.9. The van der Waals surface area contributed by atoms with Crippen LogP contribution in [0.25, 0.3) is 0 Å². The Morgan fingerprint density at radius 3 is 2.42 bits per heavy atom. The standard InChI is InChI=1S/C16H15BrFN/c17-14-8-12(6-7-15(14)18)9-16(10-19-11-16)13-4-2-1-3-5-13/h1-8,19H,9-11H2. The lowest BCUT2D eigenvalue weighted by Gasteiger charge is -2.43. The highest BCUT2D eigenvalue weighted by Gasteiger charge is 2.38. The van der Waals surface area contributed by atoms with Crippen LogP contribution >= 0.6 is 15.9 Å². The molecule has 1 heterocycles. The van der Waals surface area contributed by atoms with E-state index in [4.69, 9.17) is 0 Å². The lowest BCUT2D eigenvalue weighted by atomic mass is 9.71. The van der Waals surface area contributed by atoms with E-state index in [1.807, 2.05) is 18.2 Å².